The van der Waals surface area contributed by atoms with E-state index in [4.69, 9.17) is 9.47 Å². The molecule has 0 unspecified atom stereocenters. The van der Waals surface area contributed by atoms with Gasteiger partial charge in [0.25, 0.3) is 0 Å². The number of benzene rings is 2. The van der Waals surface area contributed by atoms with E-state index >= 15 is 0 Å². The van der Waals surface area contributed by atoms with E-state index in [2.05, 4.69) is 20.3 Å². The molecule has 2 amide bonds. The molecule has 2 heterocycles. The molecule has 2 aromatic carbocycles. The van der Waals surface area contributed by atoms with E-state index in [1.807, 2.05) is 30.3 Å². The molecule has 0 spiro atoms. The van der Waals surface area contributed by atoms with Gasteiger partial charge in [0.1, 0.15) is 6.61 Å². The average molecular weight is 444 g/mol. The molecule has 2 N–H and O–H groups in total. The fourth-order valence-electron chi connectivity index (χ4n) is 3.41. The summed E-state index contributed by atoms with van der Waals surface area (Å²) >= 11 is 0. The highest BCUT2D eigenvalue weighted by Gasteiger charge is 2.17. The molecule has 33 heavy (non-hydrogen) atoms. The van der Waals surface area contributed by atoms with E-state index in [0.717, 1.165) is 5.56 Å². The predicted molar refractivity (Wildman–Crippen MR) is 122 cm³/mol. The fraction of sp³-hybridized carbons (Fsp3) is 0.125. The van der Waals surface area contributed by atoms with Crippen LogP contribution in [0.1, 0.15) is 23.0 Å². The third-order valence-corrected chi connectivity index (χ3v) is 4.81. The van der Waals surface area contributed by atoms with Gasteiger partial charge in [0.2, 0.25) is 11.7 Å². The number of rotatable bonds is 6. The maximum Gasteiger partial charge on any atom is 0.434 e. The third-order valence-electron chi connectivity index (χ3n) is 4.81. The van der Waals surface area contributed by atoms with Crippen LogP contribution in [0.5, 0.6) is 0 Å². The van der Waals surface area contributed by atoms with Crippen molar-refractivity contribution < 1.29 is 23.9 Å². The monoisotopic (exact) mass is 444 g/mol. The lowest BCUT2D eigenvalue weighted by atomic mass is 10.1. The van der Waals surface area contributed by atoms with Crippen molar-refractivity contribution >= 4 is 45.3 Å². The molecule has 0 saturated carbocycles. The van der Waals surface area contributed by atoms with Crippen molar-refractivity contribution in [3.63, 3.8) is 0 Å². The first kappa shape index (κ1) is 21.7. The molecule has 0 fully saturated rings. The normalized spacial score (nSPS) is 11.9. The minimum absolute atomic E-state index is 0.0768. The van der Waals surface area contributed by atoms with Gasteiger partial charge in [0, 0.05) is 30.0 Å². The van der Waals surface area contributed by atoms with Crippen molar-refractivity contribution in [3.05, 3.63) is 77.6 Å². The molecule has 4 aromatic rings. The first-order chi connectivity index (χ1) is 16.0. The number of anilines is 1. The minimum Gasteiger partial charge on any atom is -0.504 e. The van der Waals surface area contributed by atoms with Crippen LogP contribution in [0.2, 0.25) is 0 Å². The van der Waals surface area contributed by atoms with Crippen LogP contribution >= 0.6 is 0 Å². The number of aromatic amines is 1. The summed E-state index contributed by atoms with van der Waals surface area (Å²) < 4.78 is 10.1. The Morgan fingerprint density at radius 2 is 1.97 bits per heavy atom. The van der Waals surface area contributed by atoms with Crippen LogP contribution in [0.25, 0.3) is 21.8 Å². The molecule has 4 rings (SSSR count). The van der Waals surface area contributed by atoms with Crippen molar-refractivity contribution in [2.24, 2.45) is 4.99 Å². The number of amides is 2. The van der Waals surface area contributed by atoms with Gasteiger partial charge in [-0.15, -0.1) is 0 Å². The number of hydrogen-bond donors (Lipinski definition) is 2. The number of pyridine rings is 1. The minimum atomic E-state index is -0.785. The van der Waals surface area contributed by atoms with E-state index in [-0.39, 0.29) is 29.3 Å². The summed E-state index contributed by atoms with van der Waals surface area (Å²) in [5.74, 6) is -0.642. The number of methoxy groups -OCH3 is 1. The van der Waals surface area contributed by atoms with Crippen molar-refractivity contribution in [3.8, 4) is 0 Å². The summed E-state index contributed by atoms with van der Waals surface area (Å²) in [6, 6.07) is 12.4. The van der Waals surface area contributed by atoms with Gasteiger partial charge in [-0.3, -0.25) is 14.6 Å². The molecule has 0 bridgehead atoms. The van der Waals surface area contributed by atoms with Gasteiger partial charge in [-0.1, -0.05) is 30.3 Å². The number of nitrogens with zero attached hydrogens (tertiary/aromatic N) is 2. The van der Waals surface area contributed by atoms with Gasteiger partial charge in [-0.2, -0.15) is 4.99 Å². The van der Waals surface area contributed by atoms with Crippen LogP contribution in [0.3, 0.4) is 0 Å². The molecular weight excluding hydrogens is 424 g/mol. The number of carbonyl (C=O) groups excluding carboxylic acids is 3. The Kier molecular flexibility index (Phi) is 6.12. The van der Waals surface area contributed by atoms with Gasteiger partial charge in [-0.05, 0) is 17.7 Å². The molecule has 0 atom stereocenters. The summed E-state index contributed by atoms with van der Waals surface area (Å²) in [7, 11) is 1.44. The number of carbonyl (C=O) groups is 3. The molecule has 9 heteroatoms. The largest absolute Gasteiger partial charge is 0.504 e. The number of ether oxygens (including phenoxy) is 2. The third kappa shape index (κ3) is 4.72. The topological polar surface area (TPSA) is 123 Å². The summed E-state index contributed by atoms with van der Waals surface area (Å²) in [6.45, 7) is 1.44. The SMILES string of the molecule is CO/C=C\C(=O)c1cc2cnc3/c(=N\C(=O)OCc4ccccc4)cc(NC(C)=O)c([nH]1)c23. The maximum atomic E-state index is 12.5. The molecule has 0 aliphatic rings. The molecule has 0 saturated heterocycles. The summed E-state index contributed by atoms with van der Waals surface area (Å²) in [6.07, 6.45) is 3.35. The second kappa shape index (κ2) is 9.31. The van der Waals surface area contributed by atoms with Gasteiger partial charge >= 0.3 is 6.09 Å². The number of aromatic nitrogens is 2. The second-order valence-corrected chi connectivity index (χ2v) is 7.17. The number of H-pyrrole nitrogens is 1. The molecule has 166 valence electrons. The quantitative estimate of drug-likeness (QED) is 0.266. The average Bonchev–Trinajstić information content (AvgIpc) is 3.24. The number of ketones is 1. The molecule has 0 radical (unpaired) electrons. The Morgan fingerprint density at radius 1 is 1.18 bits per heavy atom. The zero-order chi connectivity index (χ0) is 23.4. The first-order valence-corrected chi connectivity index (χ1v) is 10.0. The van der Waals surface area contributed by atoms with Crippen molar-refractivity contribution in [1.82, 2.24) is 9.97 Å². The van der Waals surface area contributed by atoms with Crippen LogP contribution in [-0.4, -0.2) is 34.9 Å². The fourth-order valence-corrected chi connectivity index (χ4v) is 3.41. The lowest BCUT2D eigenvalue weighted by molar-refractivity contribution is -0.114. The smallest absolute Gasteiger partial charge is 0.434 e. The van der Waals surface area contributed by atoms with Gasteiger partial charge in [0.15, 0.2) is 0 Å². The molecule has 0 aliphatic carbocycles. The number of hydrogen-bond acceptors (Lipinski definition) is 6. The summed E-state index contributed by atoms with van der Waals surface area (Å²) in [5.41, 5.74) is 2.39. The zero-order valence-corrected chi connectivity index (χ0v) is 17.9. The Balaban J connectivity index is 1.79. The van der Waals surface area contributed by atoms with Gasteiger partial charge < -0.3 is 19.8 Å². The van der Waals surface area contributed by atoms with Crippen LogP contribution in [-0.2, 0) is 20.9 Å². The Hall–Kier alpha value is -4.53. The van der Waals surface area contributed by atoms with E-state index in [1.165, 1.54) is 32.4 Å². The lowest BCUT2D eigenvalue weighted by Crippen LogP contribution is -2.14. The number of allylic oxidation sites excluding steroid dienone is 1. The lowest BCUT2D eigenvalue weighted by Gasteiger charge is -2.10. The second-order valence-electron chi connectivity index (χ2n) is 7.17. The Morgan fingerprint density at radius 3 is 2.70 bits per heavy atom. The van der Waals surface area contributed by atoms with Crippen molar-refractivity contribution in [1.29, 1.82) is 0 Å². The summed E-state index contributed by atoms with van der Waals surface area (Å²) in [5, 5.41) is 4.24. The highest BCUT2D eigenvalue weighted by Crippen LogP contribution is 2.29. The predicted octanol–water partition coefficient (Wildman–Crippen LogP) is 3.69. The van der Waals surface area contributed by atoms with E-state index < -0.39 is 6.09 Å². The van der Waals surface area contributed by atoms with E-state index in [9.17, 15) is 14.4 Å². The van der Waals surface area contributed by atoms with Crippen LogP contribution in [0, 0.1) is 0 Å². The van der Waals surface area contributed by atoms with Crippen LogP contribution in [0.15, 0.2) is 66.0 Å². The van der Waals surface area contributed by atoms with Crippen LogP contribution in [0.4, 0.5) is 10.5 Å². The summed E-state index contributed by atoms with van der Waals surface area (Å²) in [4.78, 5) is 48.2. The van der Waals surface area contributed by atoms with E-state index in [0.29, 0.717) is 27.5 Å². The van der Waals surface area contributed by atoms with Gasteiger partial charge in [0.05, 0.1) is 41.1 Å². The molecule has 9 nitrogen and oxygen atoms in total. The van der Waals surface area contributed by atoms with Crippen molar-refractivity contribution in [2.75, 3.05) is 12.4 Å². The van der Waals surface area contributed by atoms with Gasteiger partial charge in [-0.25, -0.2) is 4.79 Å². The Labute approximate surface area is 188 Å². The maximum absolute atomic E-state index is 12.5. The number of nitrogens with one attached hydrogen (secondary N) is 2. The molecule has 2 aromatic heterocycles. The highest BCUT2D eigenvalue weighted by molar-refractivity contribution is 6.16. The van der Waals surface area contributed by atoms with Crippen molar-refractivity contribution in [2.45, 2.75) is 13.5 Å². The highest BCUT2D eigenvalue weighted by atomic mass is 16.5. The molecule has 0 aliphatic heterocycles. The first-order valence-electron chi connectivity index (χ1n) is 10.0. The Bertz CT molecular complexity index is 1440. The zero-order valence-electron chi connectivity index (χ0n) is 17.9. The van der Waals surface area contributed by atoms with E-state index in [1.54, 1.807) is 12.3 Å². The standard InChI is InChI=1S/C24H20N4O5/c1-14(29)26-19-11-18(28-24(31)33-13-15-6-4-3-5-7-15)22-21-16(12-25-22)10-17(27-23(19)21)20(30)8-9-32-2/h3-12,27H,13H2,1-2H3,(H,26,29)/b9-8-,28-18-. The van der Waals surface area contributed by atoms with Crippen LogP contribution < -0.4 is 10.7 Å². The molecular formula is C24H20N4O5.